The highest BCUT2D eigenvalue weighted by Gasteiger charge is 2.48. The largest absolute Gasteiger partial charge is 0.361 e. The van der Waals surface area contributed by atoms with E-state index >= 15 is 0 Å². The van der Waals surface area contributed by atoms with Gasteiger partial charge in [-0.1, -0.05) is 10.3 Å². The lowest BCUT2D eigenvalue weighted by Crippen LogP contribution is -2.44. The number of nitrogens with zero attached hydrogens (tertiary/aromatic N) is 2. The number of halogens is 2. The third-order valence-corrected chi connectivity index (χ3v) is 5.26. The molecule has 0 aromatic carbocycles. The summed E-state index contributed by atoms with van der Waals surface area (Å²) in [5.74, 6) is -2.03. The summed E-state index contributed by atoms with van der Waals surface area (Å²) in [6.45, 7) is 2.67. The quantitative estimate of drug-likeness (QED) is 0.799. The summed E-state index contributed by atoms with van der Waals surface area (Å²) in [6, 6.07) is 2.14. The number of fused-ring (bicyclic) bond motifs is 1. The van der Waals surface area contributed by atoms with Gasteiger partial charge in [0, 0.05) is 49.4 Å². The first-order valence-electron chi connectivity index (χ1n) is 9.17. The summed E-state index contributed by atoms with van der Waals surface area (Å²) >= 11 is 0. The predicted molar refractivity (Wildman–Crippen MR) is 89.9 cm³/mol. The third kappa shape index (κ3) is 4.02. The second-order valence-corrected chi connectivity index (χ2v) is 7.46. The molecule has 0 aliphatic heterocycles. The zero-order valence-electron chi connectivity index (χ0n) is 15.1. The summed E-state index contributed by atoms with van der Waals surface area (Å²) < 4.78 is 36.3. The van der Waals surface area contributed by atoms with Crippen LogP contribution in [0.2, 0.25) is 0 Å². The summed E-state index contributed by atoms with van der Waals surface area (Å²) in [5.41, 5.74) is 2.52. The van der Waals surface area contributed by atoms with Crippen LogP contribution in [0, 0.1) is 12.8 Å². The number of rotatable bonds is 6. The topological polar surface area (TPSA) is 93.2 Å². The minimum atomic E-state index is -2.70. The van der Waals surface area contributed by atoms with Crippen LogP contribution in [0.1, 0.15) is 47.7 Å². The highest BCUT2D eigenvalue weighted by molar-refractivity contribution is 5.79. The van der Waals surface area contributed by atoms with Crippen LogP contribution >= 0.6 is 0 Å². The Hall–Kier alpha value is -2.29. The fourth-order valence-corrected chi connectivity index (χ4v) is 3.69. The normalized spacial score (nSPS) is 21.5. The summed E-state index contributed by atoms with van der Waals surface area (Å²) in [5, 5.41) is 14.2. The standard InChI is InChI=1S/C18H22F2N4O3/c1-10-4-13(23-26-10)8-21-12-2-3-16-14(5-12)15(24-27-16)9-22-17(25)11-6-18(19,20)7-11/h4,11-12,21H,2-3,5-9H2,1H3,(H,22,25). The molecule has 1 fully saturated rings. The van der Waals surface area contributed by atoms with Crippen molar-refractivity contribution in [1.82, 2.24) is 20.9 Å². The minimum absolute atomic E-state index is 0.203. The first-order valence-corrected chi connectivity index (χ1v) is 9.17. The maximum absolute atomic E-state index is 12.9. The maximum atomic E-state index is 12.9. The molecule has 0 radical (unpaired) electrons. The monoisotopic (exact) mass is 380 g/mol. The number of aryl methyl sites for hydroxylation is 2. The molecule has 2 aromatic heterocycles. The van der Waals surface area contributed by atoms with Gasteiger partial charge in [0.05, 0.1) is 12.2 Å². The number of carbonyl (C=O) groups excluding carboxylic acids is 1. The van der Waals surface area contributed by atoms with Gasteiger partial charge in [-0.15, -0.1) is 0 Å². The first kappa shape index (κ1) is 18.1. The molecule has 2 aromatic rings. The number of hydrogen-bond donors (Lipinski definition) is 2. The van der Waals surface area contributed by atoms with Crippen LogP contribution in [-0.2, 0) is 30.7 Å². The van der Waals surface area contributed by atoms with Crippen molar-refractivity contribution in [3.63, 3.8) is 0 Å². The molecule has 146 valence electrons. The van der Waals surface area contributed by atoms with Gasteiger partial charge >= 0.3 is 0 Å². The molecule has 7 nitrogen and oxygen atoms in total. The van der Waals surface area contributed by atoms with Crippen molar-refractivity contribution in [1.29, 1.82) is 0 Å². The second-order valence-electron chi connectivity index (χ2n) is 7.46. The molecular formula is C18H22F2N4O3. The number of amides is 1. The molecule has 4 rings (SSSR count). The summed E-state index contributed by atoms with van der Waals surface area (Å²) in [6.07, 6.45) is 1.68. The molecule has 1 unspecified atom stereocenters. The van der Waals surface area contributed by atoms with Gasteiger partial charge in [-0.2, -0.15) is 0 Å². The van der Waals surface area contributed by atoms with Crippen molar-refractivity contribution in [2.75, 3.05) is 0 Å². The van der Waals surface area contributed by atoms with Gasteiger partial charge in [-0.25, -0.2) is 8.78 Å². The highest BCUT2D eigenvalue weighted by Crippen LogP contribution is 2.42. The molecule has 1 saturated carbocycles. The first-order chi connectivity index (χ1) is 12.9. The molecule has 1 amide bonds. The Bertz CT molecular complexity index is 824. The Morgan fingerprint density at radius 3 is 2.81 bits per heavy atom. The Kier molecular flexibility index (Phi) is 4.71. The lowest BCUT2D eigenvalue weighted by Gasteiger charge is -2.33. The van der Waals surface area contributed by atoms with E-state index < -0.39 is 11.8 Å². The molecule has 1 atom stereocenters. The molecule has 0 spiro atoms. The molecule has 0 saturated heterocycles. The van der Waals surface area contributed by atoms with Gasteiger partial charge in [0.15, 0.2) is 0 Å². The Morgan fingerprint density at radius 2 is 2.11 bits per heavy atom. The van der Waals surface area contributed by atoms with Gasteiger partial charge < -0.3 is 19.7 Å². The lowest BCUT2D eigenvalue weighted by atomic mass is 9.81. The van der Waals surface area contributed by atoms with E-state index in [1.807, 2.05) is 13.0 Å². The van der Waals surface area contributed by atoms with Crippen molar-refractivity contribution < 1.29 is 22.6 Å². The molecule has 27 heavy (non-hydrogen) atoms. The molecule has 0 bridgehead atoms. The summed E-state index contributed by atoms with van der Waals surface area (Å²) in [4.78, 5) is 12.0. The Balaban J connectivity index is 1.30. The highest BCUT2D eigenvalue weighted by atomic mass is 19.3. The van der Waals surface area contributed by atoms with E-state index in [2.05, 4.69) is 20.9 Å². The zero-order valence-corrected chi connectivity index (χ0v) is 15.1. The SMILES string of the molecule is Cc1cc(CNC2CCc3onc(CNC(=O)C4CC(F)(F)C4)c3C2)no1. The molecule has 2 heterocycles. The van der Waals surface area contributed by atoms with E-state index in [0.717, 1.165) is 42.0 Å². The van der Waals surface area contributed by atoms with Gasteiger partial charge in [0.2, 0.25) is 11.8 Å². The fourth-order valence-electron chi connectivity index (χ4n) is 3.69. The second kappa shape index (κ2) is 7.03. The van der Waals surface area contributed by atoms with Gasteiger partial charge in [-0.3, -0.25) is 4.79 Å². The third-order valence-electron chi connectivity index (χ3n) is 5.26. The van der Waals surface area contributed by atoms with Crippen molar-refractivity contribution in [3.8, 4) is 0 Å². The average molecular weight is 380 g/mol. The van der Waals surface area contributed by atoms with Crippen LogP contribution in [-0.4, -0.2) is 28.2 Å². The average Bonchev–Trinajstić information content (AvgIpc) is 3.21. The Morgan fingerprint density at radius 1 is 1.30 bits per heavy atom. The maximum Gasteiger partial charge on any atom is 0.249 e. The van der Waals surface area contributed by atoms with E-state index in [0.29, 0.717) is 12.2 Å². The van der Waals surface area contributed by atoms with Crippen LogP contribution in [0.4, 0.5) is 8.78 Å². The van der Waals surface area contributed by atoms with Crippen molar-refractivity contribution in [3.05, 3.63) is 34.5 Å². The fraction of sp³-hybridized carbons (Fsp3) is 0.611. The van der Waals surface area contributed by atoms with E-state index in [9.17, 15) is 13.6 Å². The molecule has 2 N–H and O–H groups in total. The number of carbonyl (C=O) groups is 1. The summed E-state index contributed by atoms with van der Waals surface area (Å²) in [7, 11) is 0. The van der Waals surface area contributed by atoms with Crippen molar-refractivity contribution >= 4 is 5.91 Å². The van der Waals surface area contributed by atoms with Crippen molar-refractivity contribution in [2.24, 2.45) is 5.92 Å². The molecule has 2 aliphatic carbocycles. The molecule has 9 heteroatoms. The number of nitrogens with one attached hydrogen (secondary N) is 2. The smallest absolute Gasteiger partial charge is 0.249 e. The van der Waals surface area contributed by atoms with Crippen LogP contribution in [0.5, 0.6) is 0 Å². The van der Waals surface area contributed by atoms with Crippen LogP contribution in [0.25, 0.3) is 0 Å². The van der Waals surface area contributed by atoms with E-state index in [4.69, 9.17) is 9.05 Å². The lowest BCUT2D eigenvalue weighted by molar-refractivity contribution is -0.150. The van der Waals surface area contributed by atoms with Gasteiger partial charge in [0.25, 0.3) is 0 Å². The van der Waals surface area contributed by atoms with Gasteiger partial charge in [0.1, 0.15) is 17.2 Å². The molecular weight excluding hydrogens is 358 g/mol. The molecule has 2 aliphatic rings. The number of aromatic nitrogens is 2. The Labute approximate surface area is 154 Å². The van der Waals surface area contributed by atoms with Crippen LogP contribution in [0.3, 0.4) is 0 Å². The van der Waals surface area contributed by atoms with E-state index in [1.54, 1.807) is 0 Å². The number of alkyl halides is 2. The van der Waals surface area contributed by atoms with Crippen LogP contribution < -0.4 is 10.6 Å². The predicted octanol–water partition coefficient (Wildman–Crippen LogP) is 2.28. The van der Waals surface area contributed by atoms with Gasteiger partial charge in [-0.05, 0) is 19.8 Å². The van der Waals surface area contributed by atoms with Crippen LogP contribution in [0.15, 0.2) is 15.1 Å². The number of hydrogen-bond acceptors (Lipinski definition) is 6. The van der Waals surface area contributed by atoms with E-state index in [-0.39, 0.29) is 31.3 Å². The van der Waals surface area contributed by atoms with Crippen molar-refractivity contribution in [2.45, 2.75) is 64.1 Å². The zero-order chi connectivity index (χ0) is 19.0. The minimum Gasteiger partial charge on any atom is -0.361 e. The van der Waals surface area contributed by atoms with E-state index in [1.165, 1.54) is 0 Å².